The van der Waals surface area contributed by atoms with E-state index in [1.165, 1.54) is 5.56 Å². The number of aliphatic hydroxyl groups excluding tert-OH is 1. The molecule has 94 valence electrons. The molecule has 0 aliphatic heterocycles. The van der Waals surface area contributed by atoms with Crippen LogP contribution in [-0.2, 0) is 12.8 Å². The van der Waals surface area contributed by atoms with Gasteiger partial charge in [-0.3, -0.25) is 0 Å². The van der Waals surface area contributed by atoms with Gasteiger partial charge in [0, 0.05) is 24.4 Å². The summed E-state index contributed by atoms with van der Waals surface area (Å²) in [6, 6.07) is 10.2. The number of hydrogen-bond acceptors (Lipinski definition) is 3. The smallest absolute Gasteiger partial charge is 0.133 e. The molecule has 0 atom stereocenters. The summed E-state index contributed by atoms with van der Waals surface area (Å²) in [4.78, 5) is 9.05. The van der Waals surface area contributed by atoms with Crippen LogP contribution in [0.1, 0.15) is 28.3 Å². The van der Waals surface area contributed by atoms with Crippen LogP contribution in [0, 0.1) is 13.8 Å². The second-order valence-corrected chi connectivity index (χ2v) is 4.43. The molecule has 0 fully saturated rings. The first-order valence-electron chi connectivity index (χ1n) is 6.18. The first-order valence-corrected chi connectivity index (χ1v) is 6.18. The third-order valence-electron chi connectivity index (χ3n) is 3.03. The van der Waals surface area contributed by atoms with E-state index < -0.39 is 0 Å². The molecule has 0 spiro atoms. The Morgan fingerprint density at radius 3 is 2.17 bits per heavy atom. The molecule has 3 nitrogen and oxygen atoms in total. The van der Waals surface area contributed by atoms with Gasteiger partial charge in [0.05, 0.1) is 0 Å². The van der Waals surface area contributed by atoms with Gasteiger partial charge in [0.1, 0.15) is 5.82 Å². The third kappa shape index (κ3) is 2.93. The Bertz CT molecular complexity index is 500. The molecule has 0 saturated carbocycles. The largest absolute Gasteiger partial charge is 0.396 e. The molecule has 0 saturated heterocycles. The van der Waals surface area contributed by atoms with Gasteiger partial charge in [-0.1, -0.05) is 30.3 Å². The van der Waals surface area contributed by atoms with E-state index in [9.17, 15) is 0 Å². The summed E-state index contributed by atoms with van der Waals surface area (Å²) in [5.41, 5.74) is 4.23. The van der Waals surface area contributed by atoms with Crippen molar-refractivity contribution in [3.05, 3.63) is 58.7 Å². The first-order chi connectivity index (χ1) is 8.70. The van der Waals surface area contributed by atoms with Crippen molar-refractivity contribution in [3.63, 3.8) is 0 Å². The summed E-state index contributed by atoms with van der Waals surface area (Å²) < 4.78 is 0. The van der Waals surface area contributed by atoms with Gasteiger partial charge in [0.15, 0.2) is 0 Å². The summed E-state index contributed by atoms with van der Waals surface area (Å²) in [6.45, 7) is 4.10. The highest BCUT2D eigenvalue weighted by Gasteiger charge is 2.08. The standard InChI is InChI=1S/C15H18N2O/c1-11-14(8-9-18)12(2)17-15(16-11)10-13-6-4-3-5-7-13/h3-7,18H,8-10H2,1-2H3. The van der Waals surface area contributed by atoms with Crippen molar-refractivity contribution in [2.24, 2.45) is 0 Å². The average molecular weight is 242 g/mol. The lowest BCUT2D eigenvalue weighted by molar-refractivity contribution is 0.298. The highest BCUT2D eigenvalue weighted by atomic mass is 16.2. The highest BCUT2D eigenvalue weighted by Crippen LogP contribution is 2.13. The second kappa shape index (κ2) is 5.74. The predicted molar refractivity (Wildman–Crippen MR) is 71.5 cm³/mol. The molecule has 18 heavy (non-hydrogen) atoms. The fourth-order valence-electron chi connectivity index (χ4n) is 2.14. The summed E-state index contributed by atoms with van der Waals surface area (Å²) in [5, 5.41) is 9.02. The van der Waals surface area contributed by atoms with Crippen molar-refractivity contribution in [3.8, 4) is 0 Å². The molecule has 1 aromatic heterocycles. The fourth-order valence-corrected chi connectivity index (χ4v) is 2.14. The van der Waals surface area contributed by atoms with E-state index in [0.717, 1.165) is 29.2 Å². The van der Waals surface area contributed by atoms with Crippen LogP contribution < -0.4 is 0 Å². The zero-order valence-electron chi connectivity index (χ0n) is 10.8. The quantitative estimate of drug-likeness (QED) is 0.894. The summed E-state index contributed by atoms with van der Waals surface area (Å²) in [6.07, 6.45) is 1.38. The van der Waals surface area contributed by atoms with Crippen LogP contribution in [0.5, 0.6) is 0 Å². The van der Waals surface area contributed by atoms with Crippen LogP contribution in [-0.4, -0.2) is 21.7 Å². The van der Waals surface area contributed by atoms with Crippen LogP contribution in [0.3, 0.4) is 0 Å². The minimum atomic E-state index is 0.142. The van der Waals surface area contributed by atoms with Crippen LogP contribution in [0.25, 0.3) is 0 Å². The molecule has 0 aliphatic carbocycles. The van der Waals surface area contributed by atoms with Gasteiger partial charge in [-0.05, 0) is 31.4 Å². The summed E-state index contributed by atoms with van der Waals surface area (Å²) in [7, 11) is 0. The molecule has 0 amide bonds. The number of rotatable bonds is 4. The van der Waals surface area contributed by atoms with Gasteiger partial charge in [-0.15, -0.1) is 0 Å². The van der Waals surface area contributed by atoms with E-state index in [1.54, 1.807) is 0 Å². The van der Waals surface area contributed by atoms with Gasteiger partial charge in [-0.2, -0.15) is 0 Å². The second-order valence-electron chi connectivity index (χ2n) is 4.43. The lowest BCUT2D eigenvalue weighted by atomic mass is 10.1. The molecular formula is C15H18N2O. The molecule has 3 heteroatoms. The molecule has 1 aromatic carbocycles. The maximum atomic E-state index is 9.02. The van der Waals surface area contributed by atoms with E-state index >= 15 is 0 Å². The lowest BCUT2D eigenvalue weighted by Gasteiger charge is -2.09. The van der Waals surface area contributed by atoms with E-state index in [1.807, 2.05) is 32.0 Å². The molecule has 1 N–H and O–H groups in total. The zero-order chi connectivity index (χ0) is 13.0. The number of benzene rings is 1. The number of aliphatic hydroxyl groups is 1. The average Bonchev–Trinajstić information content (AvgIpc) is 2.35. The highest BCUT2D eigenvalue weighted by molar-refractivity contribution is 5.26. The van der Waals surface area contributed by atoms with Crippen molar-refractivity contribution in [2.45, 2.75) is 26.7 Å². The van der Waals surface area contributed by atoms with Crippen LogP contribution in [0.2, 0.25) is 0 Å². The maximum Gasteiger partial charge on any atom is 0.133 e. The predicted octanol–water partition coefficient (Wildman–Crippen LogP) is 2.22. The van der Waals surface area contributed by atoms with Crippen molar-refractivity contribution in [2.75, 3.05) is 6.61 Å². The number of aromatic nitrogens is 2. The monoisotopic (exact) mass is 242 g/mol. The molecule has 0 unspecified atom stereocenters. The molecular weight excluding hydrogens is 224 g/mol. The molecule has 0 aliphatic rings. The normalized spacial score (nSPS) is 10.6. The number of nitrogens with zero attached hydrogens (tertiary/aromatic N) is 2. The Morgan fingerprint density at radius 2 is 1.61 bits per heavy atom. The van der Waals surface area contributed by atoms with E-state index in [-0.39, 0.29) is 6.61 Å². The van der Waals surface area contributed by atoms with Crippen LogP contribution in [0.4, 0.5) is 0 Å². The van der Waals surface area contributed by atoms with E-state index in [4.69, 9.17) is 5.11 Å². The summed E-state index contributed by atoms with van der Waals surface area (Å²) >= 11 is 0. The number of aryl methyl sites for hydroxylation is 2. The van der Waals surface area contributed by atoms with Crippen molar-refractivity contribution in [1.29, 1.82) is 0 Å². The minimum absolute atomic E-state index is 0.142. The topological polar surface area (TPSA) is 46.0 Å². The van der Waals surface area contributed by atoms with Crippen molar-refractivity contribution < 1.29 is 5.11 Å². The molecule has 2 rings (SSSR count). The van der Waals surface area contributed by atoms with Gasteiger partial charge in [0.2, 0.25) is 0 Å². The first kappa shape index (κ1) is 12.7. The molecule has 1 heterocycles. The Kier molecular flexibility index (Phi) is 4.05. The van der Waals surface area contributed by atoms with E-state index in [2.05, 4.69) is 22.1 Å². The Hall–Kier alpha value is -1.74. The van der Waals surface area contributed by atoms with Crippen LogP contribution in [0.15, 0.2) is 30.3 Å². The van der Waals surface area contributed by atoms with Gasteiger partial charge < -0.3 is 5.11 Å². The van der Waals surface area contributed by atoms with Gasteiger partial charge in [0.25, 0.3) is 0 Å². The lowest BCUT2D eigenvalue weighted by Crippen LogP contribution is -2.07. The van der Waals surface area contributed by atoms with Crippen molar-refractivity contribution >= 4 is 0 Å². The Labute approximate surface area is 108 Å². The molecule has 0 bridgehead atoms. The minimum Gasteiger partial charge on any atom is -0.396 e. The zero-order valence-corrected chi connectivity index (χ0v) is 10.8. The Morgan fingerprint density at radius 1 is 1.00 bits per heavy atom. The molecule has 2 aromatic rings. The van der Waals surface area contributed by atoms with Crippen molar-refractivity contribution in [1.82, 2.24) is 9.97 Å². The van der Waals surface area contributed by atoms with E-state index in [0.29, 0.717) is 6.42 Å². The number of hydrogen-bond donors (Lipinski definition) is 1. The SMILES string of the molecule is Cc1nc(Cc2ccccc2)nc(C)c1CCO. The van der Waals surface area contributed by atoms with Gasteiger partial charge in [-0.25, -0.2) is 9.97 Å². The maximum absolute atomic E-state index is 9.02. The van der Waals surface area contributed by atoms with Crippen LogP contribution >= 0.6 is 0 Å². The Balaban J connectivity index is 2.25. The fraction of sp³-hybridized carbons (Fsp3) is 0.333. The third-order valence-corrected chi connectivity index (χ3v) is 3.03. The molecule has 0 radical (unpaired) electrons. The van der Waals surface area contributed by atoms with Gasteiger partial charge >= 0.3 is 0 Å². The summed E-state index contributed by atoms with van der Waals surface area (Å²) in [5.74, 6) is 0.845.